The number of methoxy groups -OCH3 is 1. The van der Waals surface area contributed by atoms with Crippen molar-refractivity contribution in [1.29, 1.82) is 0 Å². The number of ether oxygens (including phenoxy) is 2. The summed E-state index contributed by atoms with van der Waals surface area (Å²) in [5, 5.41) is 0. The molecular weight excluding hydrogens is 354 g/mol. The van der Waals surface area contributed by atoms with E-state index in [1.54, 1.807) is 7.11 Å². The highest BCUT2D eigenvalue weighted by atomic mass is 16.5. The number of benzene rings is 2. The van der Waals surface area contributed by atoms with Crippen molar-refractivity contribution in [2.45, 2.75) is 19.3 Å². The van der Waals surface area contributed by atoms with E-state index in [1.807, 2.05) is 53.4 Å². The molecule has 1 fully saturated rings. The molecule has 4 rings (SSSR count). The largest absolute Gasteiger partial charge is 0.497 e. The molecule has 0 spiro atoms. The molecule has 2 aliphatic heterocycles. The number of carbonyl (C=O) groups excluding carboxylic acids is 2. The SMILES string of the molecule is COc1ccc2c(c1)CC(C(=O)N1CCC(C(=O)c3ccccc3)CC1)CO2. The van der Waals surface area contributed by atoms with Crippen LogP contribution in [0, 0.1) is 11.8 Å². The minimum absolute atomic E-state index is 0.000886. The van der Waals surface area contributed by atoms with Crippen molar-refractivity contribution in [1.82, 2.24) is 4.90 Å². The first-order valence-corrected chi connectivity index (χ1v) is 9.83. The average molecular weight is 379 g/mol. The standard InChI is InChI=1S/C23H25NO4/c1-27-20-7-8-21-18(14-20)13-19(15-28-21)23(26)24-11-9-17(10-12-24)22(25)16-5-3-2-4-6-16/h2-8,14,17,19H,9-13,15H2,1H3. The number of piperidine rings is 1. The number of nitrogens with zero attached hydrogens (tertiary/aromatic N) is 1. The van der Waals surface area contributed by atoms with Crippen molar-refractivity contribution in [3.05, 3.63) is 59.7 Å². The quantitative estimate of drug-likeness (QED) is 0.765. The zero-order chi connectivity index (χ0) is 19.5. The summed E-state index contributed by atoms with van der Waals surface area (Å²) >= 11 is 0. The van der Waals surface area contributed by atoms with E-state index >= 15 is 0 Å². The van der Waals surface area contributed by atoms with E-state index in [2.05, 4.69) is 0 Å². The molecule has 1 saturated heterocycles. The summed E-state index contributed by atoms with van der Waals surface area (Å²) < 4.78 is 11.1. The van der Waals surface area contributed by atoms with Crippen LogP contribution in [-0.4, -0.2) is 43.4 Å². The molecule has 1 atom stereocenters. The van der Waals surface area contributed by atoms with Gasteiger partial charge in [0.1, 0.15) is 18.1 Å². The topological polar surface area (TPSA) is 55.8 Å². The normalized spacial score (nSPS) is 19.5. The Morgan fingerprint density at radius 1 is 1.04 bits per heavy atom. The molecular formula is C23H25NO4. The maximum Gasteiger partial charge on any atom is 0.229 e. The molecule has 2 heterocycles. The van der Waals surface area contributed by atoms with Gasteiger partial charge < -0.3 is 14.4 Å². The van der Waals surface area contributed by atoms with Crippen LogP contribution in [0.4, 0.5) is 0 Å². The first-order chi connectivity index (χ1) is 13.7. The van der Waals surface area contributed by atoms with Gasteiger partial charge in [-0.15, -0.1) is 0 Å². The summed E-state index contributed by atoms with van der Waals surface area (Å²) in [6, 6.07) is 15.1. The van der Waals surface area contributed by atoms with Gasteiger partial charge in [0.2, 0.25) is 5.91 Å². The van der Waals surface area contributed by atoms with Gasteiger partial charge in [-0.1, -0.05) is 30.3 Å². The van der Waals surface area contributed by atoms with Crippen LogP contribution in [0.2, 0.25) is 0 Å². The van der Waals surface area contributed by atoms with Crippen molar-refractivity contribution < 1.29 is 19.1 Å². The minimum Gasteiger partial charge on any atom is -0.497 e. The third-order valence-electron chi connectivity index (χ3n) is 5.76. The number of fused-ring (bicyclic) bond motifs is 1. The maximum atomic E-state index is 13.0. The smallest absolute Gasteiger partial charge is 0.229 e. The molecule has 1 amide bonds. The lowest BCUT2D eigenvalue weighted by Crippen LogP contribution is -2.45. The molecule has 146 valence electrons. The van der Waals surface area contributed by atoms with E-state index in [0.717, 1.165) is 35.5 Å². The summed E-state index contributed by atoms with van der Waals surface area (Å²) in [7, 11) is 1.63. The predicted octanol–water partition coefficient (Wildman–Crippen LogP) is 3.37. The summed E-state index contributed by atoms with van der Waals surface area (Å²) in [6.45, 7) is 1.66. The fourth-order valence-corrected chi connectivity index (χ4v) is 4.11. The van der Waals surface area contributed by atoms with E-state index < -0.39 is 0 Å². The molecule has 0 bridgehead atoms. The van der Waals surface area contributed by atoms with Gasteiger partial charge in [-0.25, -0.2) is 0 Å². The lowest BCUT2D eigenvalue weighted by atomic mass is 9.88. The first kappa shape index (κ1) is 18.5. The Bertz CT molecular complexity index is 856. The van der Waals surface area contributed by atoms with Crippen LogP contribution in [0.15, 0.2) is 48.5 Å². The number of Topliss-reactive ketones (excluding diaryl/α,β-unsaturated/α-hetero) is 1. The van der Waals surface area contributed by atoms with Gasteiger partial charge in [0.25, 0.3) is 0 Å². The summed E-state index contributed by atoms with van der Waals surface area (Å²) in [5.41, 5.74) is 1.77. The molecule has 1 unspecified atom stereocenters. The average Bonchev–Trinajstić information content (AvgIpc) is 2.78. The Kier molecular flexibility index (Phi) is 5.33. The number of amides is 1. The molecule has 28 heavy (non-hydrogen) atoms. The van der Waals surface area contributed by atoms with Crippen LogP contribution >= 0.6 is 0 Å². The highest BCUT2D eigenvalue weighted by Gasteiger charge is 2.33. The third kappa shape index (κ3) is 3.75. The van der Waals surface area contributed by atoms with Gasteiger partial charge in [-0.05, 0) is 43.0 Å². The van der Waals surface area contributed by atoms with E-state index in [1.165, 1.54) is 0 Å². The zero-order valence-electron chi connectivity index (χ0n) is 16.1. The van der Waals surface area contributed by atoms with Crippen molar-refractivity contribution in [3.8, 4) is 11.5 Å². The molecule has 2 aromatic carbocycles. The molecule has 5 heteroatoms. The summed E-state index contributed by atoms with van der Waals surface area (Å²) in [6.07, 6.45) is 2.10. The molecule has 0 N–H and O–H groups in total. The fourth-order valence-electron chi connectivity index (χ4n) is 4.11. The molecule has 2 aliphatic rings. The molecule has 0 aromatic heterocycles. The number of hydrogen-bond acceptors (Lipinski definition) is 4. The Morgan fingerprint density at radius 3 is 2.50 bits per heavy atom. The maximum absolute atomic E-state index is 13.0. The molecule has 0 aliphatic carbocycles. The zero-order valence-corrected chi connectivity index (χ0v) is 16.1. The number of likely N-dealkylation sites (tertiary alicyclic amines) is 1. The van der Waals surface area contributed by atoms with Crippen LogP contribution in [0.5, 0.6) is 11.5 Å². The Labute approximate surface area is 165 Å². The molecule has 2 aromatic rings. The van der Waals surface area contributed by atoms with Crippen LogP contribution in [-0.2, 0) is 11.2 Å². The van der Waals surface area contributed by atoms with Crippen molar-refractivity contribution >= 4 is 11.7 Å². The summed E-state index contributed by atoms with van der Waals surface area (Å²) in [5.74, 6) is 1.74. The number of hydrogen-bond donors (Lipinski definition) is 0. The summed E-state index contributed by atoms with van der Waals surface area (Å²) in [4.78, 5) is 27.5. The van der Waals surface area contributed by atoms with Crippen molar-refractivity contribution in [3.63, 3.8) is 0 Å². The van der Waals surface area contributed by atoms with E-state index in [0.29, 0.717) is 26.1 Å². The van der Waals surface area contributed by atoms with Crippen LogP contribution in [0.25, 0.3) is 0 Å². The second kappa shape index (κ2) is 8.05. The fraction of sp³-hybridized carbons (Fsp3) is 0.391. The van der Waals surface area contributed by atoms with Crippen LogP contribution < -0.4 is 9.47 Å². The lowest BCUT2D eigenvalue weighted by Gasteiger charge is -2.35. The van der Waals surface area contributed by atoms with Crippen molar-refractivity contribution in [2.24, 2.45) is 11.8 Å². The van der Waals surface area contributed by atoms with Gasteiger partial charge in [-0.3, -0.25) is 9.59 Å². The van der Waals surface area contributed by atoms with E-state index in [4.69, 9.17) is 9.47 Å². The molecule has 5 nitrogen and oxygen atoms in total. The second-order valence-corrected chi connectivity index (χ2v) is 7.52. The highest BCUT2D eigenvalue weighted by molar-refractivity contribution is 5.98. The van der Waals surface area contributed by atoms with Gasteiger partial charge in [0.15, 0.2) is 5.78 Å². The Balaban J connectivity index is 1.36. The highest BCUT2D eigenvalue weighted by Crippen LogP contribution is 2.32. The van der Waals surface area contributed by atoms with E-state index in [-0.39, 0.29) is 23.5 Å². The predicted molar refractivity (Wildman–Crippen MR) is 106 cm³/mol. The third-order valence-corrected chi connectivity index (χ3v) is 5.76. The van der Waals surface area contributed by atoms with Gasteiger partial charge in [0, 0.05) is 24.6 Å². The first-order valence-electron chi connectivity index (χ1n) is 9.83. The molecule has 0 saturated carbocycles. The van der Waals surface area contributed by atoms with Crippen LogP contribution in [0.3, 0.4) is 0 Å². The Hall–Kier alpha value is -2.82. The van der Waals surface area contributed by atoms with Gasteiger partial charge in [-0.2, -0.15) is 0 Å². The van der Waals surface area contributed by atoms with Crippen molar-refractivity contribution in [2.75, 3.05) is 26.8 Å². The number of ketones is 1. The minimum atomic E-state index is -0.180. The monoisotopic (exact) mass is 379 g/mol. The second-order valence-electron chi connectivity index (χ2n) is 7.52. The number of carbonyl (C=O) groups is 2. The lowest BCUT2D eigenvalue weighted by molar-refractivity contribution is -0.138. The molecule has 0 radical (unpaired) electrons. The number of rotatable bonds is 4. The Morgan fingerprint density at radius 2 is 1.79 bits per heavy atom. The van der Waals surface area contributed by atoms with Gasteiger partial charge in [0.05, 0.1) is 13.0 Å². The van der Waals surface area contributed by atoms with Crippen LogP contribution in [0.1, 0.15) is 28.8 Å². The van der Waals surface area contributed by atoms with E-state index in [9.17, 15) is 9.59 Å². The van der Waals surface area contributed by atoms with Gasteiger partial charge >= 0.3 is 0 Å².